The minimum absolute atomic E-state index is 0.150. The lowest BCUT2D eigenvalue weighted by molar-refractivity contribution is -0.119. The molecule has 3 aromatic rings. The van der Waals surface area contributed by atoms with Crippen molar-refractivity contribution in [2.24, 2.45) is 0 Å². The number of benzene rings is 2. The van der Waals surface area contributed by atoms with E-state index in [2.05, 4.69) is 16.0 Å². The Bertz CT molecular complexity index is 1000. The molecular formula is C20H17Cl2N3O3S. The predicted molar refractivity (Wildman–Crippen MR) is 115 cm³/mol. The van der Waals surface area contributed by atoms with Gasteiger partial charge in [0.15, 0.2) is 0 Å². The molecule has 0 spiro atoms. The van der Waals surface area contributed by atoms with E-state index in [-0.39, 0.29) is 28.7 Å². The number of rotatable bonds is 6. The average molecular weight is 450 g/mol. The molecule has 0 aliphatic rings. The van der Waals surface area contributed by atoms with Gasteiger partial charge in [0.25, 0.3) is 5.91 Å². The largest absolute Gasteiger partial charge is 0.360 e. The molecule has 0 saturated carbocycles. The molecule has 0 fully saturated rings. The predicted octanol–water partition coefficient (Wildman–Crippen LogP) is 4.65. The van der Waals surface area contributed by atoms with Gasteiger partial charge in [-0.15, -0.1) is 11.8 Å². The van der Waals surface area contributed by atoms with E-state index in [1.54, 1.807) is 25.1 Å². The zero-order valence-electron chi connectivity index (χ0n) is 15.4. The molecule has 150 valence electrons. The monoisotopic (exact) mass is 449 g/mol. The van der Waals surface area contributed by atoms with E-state index >= 15 is 0 Å². The molecule has 2 N–H and O–H groups in total. The summed E-state index contributed by atoms with van der Waals surface area (Å²) < 4.78 is 5.16. The van der Waals surface area contributed by atoms with Crippen LogP contribution in [-0.4, -0.2) is 22.7 Å². The number of carbonyl (C=O) groups is 2. The highest BCUT2D eigenvalue weighted by atomic mass is 35.5. The van der Waals surface area contributed by atoms with Crippen LogP contribution in [0.25, 0.3) is 11.3 Å². The summed E-state index contributed by atoms with van der Waals surface area (Å²) in [5, 5.41) is 4.59. The van der Waals surface area contributed by atoms with Gasteiger partial charge in [0.2, 0.25) is 5.91 Å². The normalized spacial score (nSPS) is 10.6. The zero-order valence-corrected chi connectivity index (χ0v) is 17.7. The van der Waals surface area contributed by atoms with Gasteiger partial charge < -0.3 is 4.52 Å². The first kappa shape index (κ1) is 21.2. The summed E-state index contributed by atoms with van der Waals surface area (Å²) in [6, 6.07) is 14.8. The van der Waals surface area contributed by atoms with Crippen LogP contribution < -0.4 is 10.9 Å². The molecule has 0 aliphatic carbocycles. The summed E-state index contributed by atoms with van der Waals surface area (Å²) in [5.74, 6) is 0.270. The fourth-order valence-corrected chi connectivity index (χ4v) is 3.96. The number of nitrogens with zero attached hydrogens (tertiary/aromatic N) is 1. The van der Waals surface area contributed by atoms with Gasteiger partial charge in [0.05, 0.1) is 15.8 Å². The molecule has 0 radical (unpaired) electrons. The number of carbonyl (C=O) groups excluding carboxylic acids is 2. The van der Waals surface area contributed by atoms with Crippen LogP contribution in [0.1, 0.15) is 21.7 Å². The third-order valence-electron chi connectivity index (χ3n) is 3.95. The van der Waals surface area contributed by atoms with Crippen LogP contribution in [0, 0.1) is 6.92 Å². The van der Waals surface area contributed by atoms with Crippen molar-refractivity contribution in [3.8, 4) is 11.3 Å². The first-order chi connectivity index (χ1) is 14.0. The maximum atomic E-state index is 12.6. The first-order valence-corrected chi connectivity index (χ1v) is 10.5. The number of aromatic nitrogens is 1. The van der Waals surface area contributed by atoms with Crippen molar-refractivity contribution < 1.29 is 14.1 Å². The Kier molecular flexibility index (Phi) is 7.19. The van der Waals surface area contributed by atoms with Crippen molar-refractivity contribution in [3.05, 3.63) is 75.5 Å². The number of hydrogen-bond acceptors (Lipinski definition) is 5. The Labute approximate surface area is 181 Å². The number of hydrazine groups is 1. The van der Waals surface area contributed by atoms with Gasteiger partial charge in [-0.05, 0) is 24.6 Å². The standard InChI is InChI=1S/C20H17Cl2N3O3S/c1-12-17(19(25-28-12)18-14(21)8-5-9-15(18)22)20(27)24-23-16(26)11-29-10-13-6-3-2-4-7-13/h2-9H,10-11H2,1H3,(H,23,26)(H,24,27). The number of hydrogen-bond donors (Lipinski definition) is 2. The highest BCUT2D eigenvalue weighted by molar-refractivity contribution is 7.99. The highest BCUT2D eigenvalue weighted by Crippen LogP contribution is 2.36. The van der Waals surface area contributed by atoms with E-state index < -0.39 is 5.91 Å². The first-order valence-electron chi connectivity index (χ1n) is 8.59. The quantitative estimate of drug-likeness (QED) is 0.534. The Hall–Kier alpha value is -2.48. The van der Waals surface area contributed by atoms with Gasteiger partial charge in [-0.3, -0.25) is 20.4 Å². The molecule has 0 atom stereocenters. The van der Waals surface area contributed by atoms with Gasteiger partial charge >= 0.3 is 0 Å². The van der Waals surface area contributed by atoms with Crippen molar-refractivity contribution in [3.63, 3.8) is 0 Å². The molecule has 6 nitrogen and oxygen atoms in total. The van der Waals surface area contributed by atoms with Crippen LogP contribution in [0.15, 0.2) is 53.1 Å². The summed E-state index contributed by atoms with van der Waals surface area (Å²) in [5.41, 5.74) is 6.66. The van der Waals surface area contributed by atoms with Crippen molar-refractivity contribution in [2.45, 2.75) is 12.7 Å². The second-order valence-electron chi connectivity index (χ2n) is 6.04. The van der Waals surface area contributed by atoms with Gasteiger partial charge in [-0.25, -0.2) is 0 Å². The molecule has 1 heterocycles. The molecule has 2 aromatic carbocycles. The van der Waals surface area contributed by atoms with Gasteiger partial charge in [-0.1, -0.05) is 64.8 Å². The third-order valence-corrected chi connectivity index (χ3v) is 5.58. The summed E-state index contributed by atoms with van der Waals surface area (Å²) in [6.45, 7) is 1.59. The Morgan fingerprint density at radius 2 is 1.72 bits per heavy atom. The summed E-state index contributed by atoms with van der Waals surface area (Å²) in [4.78, 5) is 24.7. The number of amides is 2. The van der Waals surface area contributed by atoms with Crippen LogP contribution in [0.3, 0.4) is 0 Å². The lowest BCUT2D eigenvalue weighted by Gasteiger charge is -2.09. The zero-order chi connectivity index (χ0) is 20.8. The smallest absolute Gasteiger partial charge is 0.275 e. The fourth-order valence-electron chi connectivity index (χ4n) is 2.60. The van der Waals surface area contributed by atoms with Crippen LogP contribution in [-0.2, 0) is 10.5 Å². The second kappa shape index (κ2) is 9.82. The van der Waals surface area contributed by atoms with E-state index in [0.29, 0.717) is 21.4 Å². The maximum Gasteiger partial charge on any atom is 0.275 e. The summed E-state index contributed by atoms with van der Waals surface area (Å²) >= 11 is 13.9. The van der Waals surface area contributed by atoms with Gasteiger partial charge in [0, 0.05) is 11.3 Å². The minimum Gasteiger partial charge on any atom is -0.360 e. The second-order valence-corrected chi connectivity index (χ2v) is 7.84. The Morgan fingerprint density at radius 1 is 1.03 bits per heavy atom. The van der Waals surface area contributed by atoms with E-state index in [1.807, 2.05) is 30.3 Å². The fraction of sp³-hybridized carbons (Fsp3) is 0.150. The maximum absolute atomic E-state index is 12.6. The van der Waals surface area contributed by atoms with Crippen LogP contribution in [0.2, 0.25) is 10.0 Å². The third kappa shape index (κ3) is 5.32. The Morgan fingerprint density at radius 3 is 2.41 bits per heavy atom. The molecular weight excluding hydrogens is 433 g/mol. The van der Waals surface area contributed by atoms with Crippen molar-refractivity contribution in [2.75, 3.05) is 5.75 Å². The van der Waals surface area contributed by atoms with Gasteiger partial charge in [0.1, 0.15) is 17.0 Å². The van der Waals surface area contributed by atoms with Crippen LogP contribution >= 0.6 is 35.0 Å². The average Bonchev–Trinajstić information content (AvgIpc) is 3.08. The number of thioether (sulfide) groups is 1. The number of nitrogens with one attached hydrogen (secondary N) is 2. The molecule has 2 amide bonds. The lowest BCUT2D eigenvalue weighted by Crippen LogP contribution is -2.42. The Balaban J connectivity index is 1.61. The summed E-state index contributed by atoms with van der Waals surface area (Å²) in [7, 11) is 0. The summed E-state index contributed by atoms with van der Waals surface area (Å²) in [6.07, 6.45) is 0. The SMILES string of the molecule is Cc1onc(-c2c(Cl)cccc2Cl)c1C(=O)NNC(=O)CSCc1ccccc1. The molecule has 0 bridgehead atoms. The molecule has 0 aliphatic heterocycles. The molecule has 0 saturated heterocycles. The lowest BCUT2D eigenvalue weighted by atomic mass is 10.1. The minimum atomic E-state index is -0.573. The van der Waals surface area contributed by atoms with E-state index in [1.165, 1.54) is 11.8 Å². The number of aryl methyl sites for hydroxylation is 1. The highest BCUT2D eigenvalue weighted by Gasteiger charge is 2.25. The van der Waals surface area contributed by atoms with Gasteiger partial charge in [-0.2, -0.15) is 0 Å². The van der Waals surface area contributed by atoms with E-state index in [4.69, 9.17) is 27.7 Å². The van der Waals surface area contributed by atoms with Crippen molar-refractivity contribution in [1.82, 2.24) is 16.0 Å². The van der Waals surface area contributed by atoms with Crippen molar-refractivity contribution >= 4 is 46.8 Å². The van der Waals surface area contributed by atoms with Crippen molar-refractivity contribution in [1.29, 1.82) is 0 Å². The molecule has 1 aromatic heterocycles. The topological polar surface area (TPSA) is 84.2 Å². The molecule has 29 heavy (non-hydrogen) atoms. The van der Waals surface area contributed by atoms with Crippen LogP contribution in [0.5, 0.6) is 0 Å². The molecule has 9 heteroatoms. The molecule has 0 unspecified atom stereocenters. The van der Waals surface area contributed by atoms with E-state index in [0.717, 1.165) is 5.56 Å². The van der Waals surface area contributed by atoms with E-state index in [9.17, 15) is 9.59 Å². The molecule has 3 rings (SSSR count). The number of halogens is 2. The van der Waals surface area contributed by atoms with Crippen LogP contribution in [0.4, 0.5) is 0 Å².